The molecule has 1 aromatic rings. The fraction of sp³-hybridized carbons (Fsp3) is 0.571. The maximum atomic E-state index is 5.34. The number of benzene rings is 1. The van der Waals surface area contributed by atoms with Gasteiger partial charge in [-0.05, 0) is 57.5 Å². The van der Waals surface area contributed by atoms with E-state index in [-0.39, 0.29) is 5.54 Å². The van der Waals surface area contributed by atoms with E-state index < -0.39 is 0 Å². The highest BCUT2D eigenvalue weighted by molar-refractivity contribution is 5.40. The van der Waals surface area contributed by atoms with Crippen molar-refractivity contribution in [2.45, 2.75) is 32.7 Å². The van der Waals surface area contributed by atoms with E-state index >= 15 is 0 Å². The number of hydrogen-bond donors (Lipinski definition) is 1. The summed E-state index contributed by atoms with van der Waals surface area (Å²) in [6, 6.07) is 5.90. The number of hydrogen-bond acceptors (Lipinski definition) is 3. The predicted octanol–water partition coefficient (Wildman–Crippen LogP) is 2.63. The van der Waals surface area contributed by atoms with E-state index in [1.165, 1.54) is 5.56 Å². The normalized spacial score (nSPS) is 11.4. The van der Waals surface area contributed by atoms with Gasteiger partial charge in [0.2, 0.25) is 0 Å². The van der Waals surface area contributed by atoms with Crippen LogP contribution in [-0.2, 0) is 6.42 Å². The molecular weight excluding hydrogens is 214 g/mol. The molecular formula is C14H23NO2. The molecule has 0 unspecified atom stereocenters. The smallest absolute Gasteiger partial charge is 0.122 e. The summed E-state index contributed by atoms with van der Waals surface area (Å²) in [6.45, 7) is 7.41. The Morgan fingerprint density at radius 1 is 1.12 bits per heavy atom. The van der Waals surface area contributed by atoms with Gasteiger partial charge in [0.05, 0.1) is 14.2 Å². The lowest BCUT2D eigenvalue weighted by Gasteiger charge is -2.21. The third kappa shape index (κ3) is 4.65. The molecule has 0 radical (unpaired) electrons. The molecule has 96 valence electrons. The van der Waals surface area contributed by atoms with Crippen molar-refractivity contribution in [1.82, 2.24) is 5.32 Å². The fourth-order valence-electron chi connectivity index (χ4n) is 1.65. The maximum absolute atomic E-state index is 5.34. The van der Waals surface area contributed by atoms with Crippen LogP contribution in [0.1, 0.15) is 26.3 Å². The van der Waals surface area contributed by atoms with Crippen LogP contribution in [0.15, 0.2) is 18.2 Å². The Labute approximate surface area is 104 Å². The summed E-state index contributed by atoms with van der Waals surface area (Å²) in [7, 11) is 3.38. The molecule has 3 heteroatoms. The molecule has 0 aliphatic rings. The standard InChI is InChI=1S/C14H23NO2/c1-14(2,3)15-9-8-11-10-12(16-4)6-7-13(11)17-5/h6-7,10,15H,8-9H2,1-5H3. The Kier molecular flexibility index (Phi) is 4.82. The zero-order chi connectivity index (χ0) is 12.9. The van der Waals surface area contributed by atoms with Crippen LogP contribution in [0.2, 0.25) is 0 Å². The summed E-state index contributed by atoms with van der Waals surface area (Å²) in [5, 5.41) is 3.46. The lowest BCUT2D eigenvalue weighted by atomic mass is 10.1. The van der Waals surface area contributed by atoms with Crippen molar-refractivity contribution >= 4 is 0 Å². The van der Waals surface area contributed by atoms with E-state index in [9.17, 15) is 0 Å². The van der Waals surface area contributed by atoms with E-state index in [0.717, 1.165) is 24.5 Å². The van der Waals surface area contributed by atoms with Crippen molar-refractivity contribution in [1.29, 1.82) is 0 Å². The first kappa shape index (κ1) is 13.8. The Bertz CT molecular complexity index is 356. The first-order chi connectivity index (χ1) is 7.96. The Hall–Kier alpha value is -1.22. The molecule has 1 N–H and O–H groups in total. The van der Waals surface area contributed by atoms with Gasteiger partial charge in [0.1, 0.15) is 11.5 Å². The minimum Gasteiger partial charge on any atom is -0.497 e. The summed E-state index contributed by atoms with van der Waals surface area (Å²) in [5.41, 5.74) is 1.31. The van der Waals surface area contributed by atoms with E-state index in [1.54, 1.807) is 14.2 Å². The van der Waals surface area contributed by atoms with Gasteiger partial charge in [-0.3, -0.25) is 0 Å². The summed E-state index contributed by atoms with van der Waals surface area (Å²) in [6.07, 6.45) is 0.928. The van der Waals surface area contributed by atoms with Crippen LogP contribution in [-0.4, -0.2) is 26.3 Å². The second-order valence-electron chi connectivity index (χ2n) is 5.10. The molecule has 0 saturated heterocycles. The summed E-state index contributed by atoms with van der Waals surface area (Å²) in [5.74, 6) is 1.79. The Morgan fingerprint density at radius 2 is 1.82 bits per heavy atom. The second kappa shape index (κ2) is 5.92. The molecule has 3 nitrogen and oxygen atoms in total. The number of rotatable bonds is 5. The van der Waals surface area contributed by atoms with E-state index in [0.29, 0.717) is 0 Å². The van der Waals surface area contributed by atoms with Crippen LogP contribution < -0.4 is 14.8 Å². The van der Waals surface area contributed by atoms with Gasteiger partial charge in [-0.2, -0.15) is 0 Å². The number of ether oxygens (including phenoxy) is 2. The average Bonchev–Trinajstić information content (AvgIpc) is 2.27. The van der Waals surface area contributed by atoms with Gasteiger partial charge in [0.25, 0.3) is 0 Å². The van der Waals surface area contributed by atoms with Crippen molar-refractivity contribution in [2.24, 2.45) is 0 Å². The van der Waals surface area contributed by atoms with Crippen LogP contribution in [0.25, 0.3) is 0 Å². The van der Waals surface area contributed by atoms with E-state index in [4.69, 9.17) is 9.47 Å². The molecule has 0 spiro atoms. The highest BCUT2D eigenvalue weighted by atomic mass is 16.5. The minimum atomic E-state index is 0.145. The van der Waals surface area contributed by atoms with Crippen LogP contribution in [0.4, 0.5) is 0 Å². The molecule has 0 aliphatic carbocycles. The van der Waals surface area contributed by atoms with Crippen LogP contribution in [0.5, 0.6) is 11.5 Å². The number of methoxy groups -OCH3 is 2. The third-order valence-electron chi connectivity index (χ3n) is 2.54. The first-order valence-electron chi connectivity index (χ1n) is 5.92. The van der Waals surface area contributed by atoms with E-state index in [2.05, 4.69) is 26.1 Å². The van der Waals surface area contributed by atoms with Crippen molar-refractivity contribution in [3.8, 4) is 11.5 Å². The van der Waals surface area contributed by atoms with Gasteiger partial charge in [-0.25, -0.2) is 0 Å². The molecule has 17 heavy (non-hydrogen) atoms. The summed E-state index contributed by atoms with van der Waals surface area (Å²) >= 11 is 0. The summed E-state index contributed by atoms with van der Waals surface area (Å²) in [4.78, 5) is 0. The second-order valence-corrected chi connectivity index (χ2v) is 5.10. The SMILES string of the molecule is COc1ccc(OC)c(CCNC(C)(C)C)c1. The quantitative estimate of drug-likeness (QED) is 0.854. The van der Waals surface area contributed by atoms with Crippen molar-refractivity contribution < 1.29 is 9.47 Å². The lowest BCUT2D eigenvalue weighted by molar-refractivity contribution is 0.394. The molecule has 0 bridgehead atoms. The molecule has 0 atom stereocenters. The molecule has 0 aliphatic heterocycles. The van der Waals surface area contributed by atoms with Gasteiger partial charge >= 0.3 is 0 Å². The summed E-state index contributed by atoms with van der Waals surface area (Å²) < 4.78 is 10.6. The van der Waals surface area contributed by atoms with Gasteiger partial charge in [0, 0.05) is 5.54 Å². The monoisotopic (exact) mass is 237 g/mol. The molecule has 1 aromatic carbocycles. The predicted molar refractivity (Wildman–Crippen MR) is 71.0 cm³/mol. The van der Waals surface area contributed by atoms with Crippen LogP contribution >= 0.6 is 0 Å². The number of nitrogens with one attached hydrogen (secondary N) is 1. The highest BCUT2D eigenvalue weighted by Gasteiger charge is 2.10. The van der Waals surface area contributed by atoms with Gasteiger partial charge in [-0.15, -0.1) is 0 Å². The largest absolute Gasteiger partial charge is 0.497 e. The fourth-order valence-corrected chi connectivity index (χ4v) is 1.65. The van der Waals surface area contributed by atoms with Crippen LogP contribution in [0, 0.1) is 0 Å². The lowest BCUT2D eigenvalue weighted by Crippen LogP contribution is -2.37. The van der Waals surface area contributed by atoms with Gasteiger partial charge in [-0.1, -0.05) is 0 Å². The molecule has 0 aromatic heterocycles. The molecule has 0 heterocycles. The maximum Gasteiger partial charge on any atom is 0.122 e. The highest BCUT2D eigenvalue weighted by Crippen LogP contribution is 2.24. The zero-order valence-corrected chi connectivity index (χ0v) is 11.5. The third-order valence-corrected chi connectivity index (χ3v) is 2.54. The van der Waals surface area contributed by atoms with Crippen molar-refractivity contribution in [2.75, 3.05) is 20.8 Å². The first-order valence-corrected chi connectivity index (χ1v) is 5.92. The van der Waals surface area contributed by atoms with Crippen molar-refractivity contribution in [3.05, 3.63) is 23.8 Å². The molecule has 0 amide bonds. The Morgan fingerprint density at radius 3 is 2.35 bits per heavy atom. The topological polar surface area (TPSA) is 30.5 Å². The van der Waals surface area contributed by atoms with Gasteiger partial charge < -0.3 is 14.8 Å². The van der Waals surface area contributed by atoms with E-state index in [1.807, 2.05) is 18.2 Å². The molecule has 0 fully saturated rings. The zero-order valence-electron chi connectivity index (χ0n) is 11.5. The average molecular weight is 237 g/mol. The van der Waals surface area contributed by atoms with Crippen molar-refractivity contribution in [3.63, 3.8) is 0 Å². The van der Waals surface area contributed by atoms with Gasteiger partial charge in [0.15, 0.2) is 0 Å². The molecule has 1 rings (SSSR count). The van der Waals surface area contributed by atoms with Crippen LogP contribution in [0.3, 0.4) is 0 Å². The minimum absolute atomic E-state index is 0.145. The molecule has 0 saturated carbocycles. The Balaban J connectivity index is 2.68.